The smallest absolute Gasteiger partial charge is 0.171 e. The van der Waals surface area contributed by atoms with Crippen LogP contribution < -0.4 is 0 Å². The van der Waals surface area contributed by atoms with Gasteiger partial charge >= 0.3 is 0 Å². The van der Waals surface area contributed by atoms with Gasteiger partial charge in [-0.15, -0.1) is 6.58 Å². The van der Waals surface area contributed by atoms with E-state index < -0.39 is 11.0 Å². The number of ether oxygens (including phenoxy) is 3. The van der Waals surface area contributed by atoms with Gasteiger partial charge in [-0.3, -0.25) is 0 Å². The molecule has 0 aliphatic carbocycles. The number of hydrogen-bond acceptors (Lipinski definition) is 3. The van der Waals surface area contributed by atoms with E-state index >= 15 is 0 Å². The number of hydrogen-bond donors (Lipinski definition) is 0. The lowest BCUT2D eigenvalue weighted by Crippen LogP contribution is -2.55. The molecule has 0 saturated carbocycles. The van der Waals surface area contributed by atoms with E-state index in [9.17, 15) is 0 Å². The van der Waals surface area contributed by atoms with Crippen molar-refractivity contribution < 1.29 is 14.2 Å². The van der Waals surface area contributed by atoms with Gasteiger partial charge in [0.2, 0.25) is 0 Å². The summed E-state index contributed by atoms with van der Waals surface area (Å²) in [4.78, 5) is 0. The van der Waals surface area contributed by atoms with Crippen molar-refractivity contribution in [3.8, 4) is 0 Å². The van der Waals surface area contributed by atoms with Crippen molar-refractivity contribution in [2.45, 2.75) is 17.9 Å². The van der Waals surface area contributed by atoms with Gasteiger partial charge < -0.3 is 14.2 Å². The molecule has 0 radical (unpaired) electrons. The highest BCUT2D eigenvalue weighted by atomic mass is 28.1. The molecule has 0 saturated heterocycles. The quantitative estimate of drug-likeness (QED) is 0.344. The maximum atomic E-state index is 5.30. The van der Waals surface area contributed by atoms with Gasteiger partial charge in [0, 0.05) is 21.3 Å². The molecule has 1 atom stereocenters. The van der Waals surface area contributed by atoms with Crippen LogP contribution in [0, 0.1) is 0 Å². The van der Waals surface area contributed by atoms with Crippen LogP contribution in [0.5, 0.6) is 0 Å². The van der Waals surface area contributed by atoms with Crippen LogP contribution in [0.15, 0.2) is 12.7 Å². The van der Waals surface area contributed by atoms with E-state index in [1.54, 1.807) is 27.4 Å². The van der Waals surface area contributed by atoms with Gasteiger partial charge in [0.25, 0.3) is 0 Å². The minimum Gasteiger partial charge on any atom is -0.369 e. The Morgan fingerprint density at radius 2 is 1.58 bits per heavy atom. The van der Waals surface area contributed by atoms with Crippen molar-refractivity contribution in [2.75, 3.05) is 21.3 Å². The van der Waals surface area contributed by atoms with Crippen LogP contribution >= 0.6 is 0 Å². The van der Waals surface area contributed by atoms with Gasteiger partial charge in [-0.2, -0.15) is 0 Å². The third-order valence-electron chi connectivity index (χ3n) is 2.49. The van der Waals surface area contributed by atoms with Gasteiger partial charge in [-0.25, -0.2) is 0 Å². The fourth-order valence-electron chi connectivity index (χ4n) is 0.943. The van der Waals surface area contributed by atoms with Crippen LogP contribution in [0.2, 0.25) is 0 Å². The topological polar surface area (TPSA) is 27.7 Å². The summed E-state index contributed by atoms with van der Waals surface area (Å²) < 4.78 is 15.9. The summed E-state index contributed by atoms with van der Waals surface area (Å²) in [5, 5.41) is 0. The summed E-state index contributed by atoms with van der Waals surface area (Å²) in [6.07, 6.45) is 1.70. The molecule has 72 valence electrons. The normalized spacial score (nSPS) is 17.3. The standard InChI is InChI=1S/C8H18O3Si/c1-6-7(2,9-3)8(12,10-4)11-5/h6H,1H2,2-5,12H3. The molecule has 0 aliphatic rings. The molecule has 0 fully saturated rings. The zero-order chi connectivity index (χ0) is 9.83. The van der Waals surface area contributed by atoms with Gasteiger partial charge in [0.1, 0.15) is 5.60 Å². The molecule has 0 N–H and O–H groups in total. The van der Waals surface area contributed by atoms with E-state index in [2.05, 4.69) is 6.58 Å². The van der Waals surface area contributed by atoms with Gasteiger partial charge in [0.15, 0.2) is 5.41 Å². The zero-order valence-electron chi connectivity index (χ0n) is 8.51. The van der Waals surface area contributed by atoms with E-state index in [4.69, 9.17) is 14.2 Å². The first kappa shape index (κ1) is 11.8. The van der Waals surface area contributed by atoms with Crippen molar-refractivity contribution in [3.05, 3.63) is 12.7 Å². The fraction of sp³-hybridized carbons (Fsp3) is 0.750. The second-order valence-electron chi connectivity index (χ2n) is 2.87. The third-order valence-corrected chi connectivity index (χ3v) is 4.30. The van der Waals surface area contributed by atoms with Crippen molar-refractivity contribution in [2.24, 2.45) is 0 Å². The van der Waals surface area contributed by atoms with E-state index in [-0.39, 0.29) is 0 Å². The molecule has 3 nitrogen and oxygen atoms in total. The largest absolute Gasteiger partial charge is 0.369 e. The van der Waals surface area contributed by atoms with Gasteiger partial charge in [0.05, 0.1) is 10.2 Å². The molecular weight excluding hydrogens is 172 g/mol. The Bertz CT molecular complexity index is 156. The average molecular weight is 190 g/mol. The monoisotopic (exact) mass is 190 g/mol. The molecule has 0 aliphatic heterocycles. The molecule has 0 aromatic rings. The Balaban J connectivity index is 4.78. The Hall–Kier alpha value is -0.163. The minimum absolute atomic E-state index is 0.581. The molecule has 12 heavy (non-hydrogen) atoms. The van der Waals surface area contributed by atoms with E-state index in [1.807, 2.05) is 6.92 Å². The zero-order valence-corrected chi connectivity index (χ0v) is 10.5. The van der Waals surface area contributed by atoms with Crippen molar-refractivity contribution >= 4 is 10.2 Å². The predicted octanol–water partition coefficient (Wildman–Crippen LogP) is -0.111. The molecule has 0 heterocycles. The van der Waals surface area contributed by atoms with Crippen molar-refractivity contribution in [1.82, 2.24) is 0 Å². The van der Waals surface area contributed by atoms with Crippen LogP contribution in [-0.2, 0) is 14.2 Å². The summed E-state index contributed by atoms with van der Waals surface area (Å²) in [6.45, 7) is 5.59. The molecular formula is C8H18O3Si. The maximum absolute atomic E-state index is 5.30. The first-order valence-electron chi connectivity index (χ1n) is 3.78. The molecule has 0 amide bonds. The van der Waals surface area contributed by atoms with Crippen LogP contribution in [0.25, 0.3) is 0 Å². The molecule has 0 aromatic carbocycles. The molecule has 0 spiro atoms. The summed E-state index contributed by atoms with van der Waals surface area (Å²) >= 11 is 0. The summed E-state index contributed by atoms with van der Waals surface area (Å²) in [5.41, 5.74) is -1.24. The van der Waals surface area contributed by atoms with E-state index in [0.717, 1.165) is 0 Å². The van der Waals surface area contributed by atoms with Gasteiger partial charge in [-0.1, -0.05) is 6.08 Å². The molecule has 0 bridgehead atoms. The second kappa shape index (κ2) is 4.18. The Kier molecular flexibility index (Phi) is 4.12. The molecule has 0 rings (SSSR count). The lowest BCUT2D eigenvalue weighted by Gasteiger charge is -2.41. The highest BCUT2D eigenvalue weighted by Gasteiger charge is 2.43. The lowest BCUT2D eigenvalue weighted by molar-refractivity contribution is -0.233. The maximum Gasteiger partial charge on any atom is 0.171 e. The SMILES string of the molecule is C=CC(C)(OC)C([SiH3])(OC)OC. The summed E-state index contributed by atoms with van der Waals surface area (Å²) in [5.74, 6) is 0. The summed E-state index contributed by atoms with van der Waals surface area (Å²) in [7, 11) is 5.54. The Labute approximate surface area is 77.1 Å². The highest BCUT2D eigenvalue weighted by Crippen LogP contribution is 2.27. The van der Waals surface area contributed by atoms with Crippen LogP contribution in [-0.4, -0.2) is 42.6 Å². The molecule has 1 unspecified atom stereocenters. The van der Waals surface area contributed by atoms with Crippen LogP contribution in [0.1, 0.15) is 6.92 Å². The van der Waals surface area contributed by atoms with Crippen LogP contribution in [0.3, 0.4) is 0 Å². The highest BCUT2D eigenvalue weighted by molar-refractivity contribution is 6.14. The fourth-order valence-corrected chi connectivity index (χ4v) is 1.35. The first-order valence-corrected chi connectivity index (χ1v) is 4.78. The Morgan fingerprint density at radius 1 is 1.17 bits per heavy atom. The predicted molar refractivity (Wildman–Crippen MR) is 52.3 cm³/mol. The number of rotatable bonds is 5. The van der Waals surface area contributed by atoms with Crippen molar-refractivity contribution in [3.63, 3.8) is 0 Å². The second-order valence-corrected chi connectivity index (χ2v) is 4.19. The average Bonchev–Trinajstić information content (AvgIpc) is 2.15. The molecule has 0 aromatic heterocycles. The van der Waals surface area contributed by atoms with Crippen molar-refractivity contribution in [1.29, 1.82) is 0 Å². The minimum atomic E-state index is -0.663. The van der Waals surface area contributed by atoms with E-state index in [0.29, 0.717) is 10.2 Å². The Morgan fingerprint density at radius 3 is 1.67 bits per heavy atom. The van der Waals surface area contributed by atoms with Crippen LogP contribution in [0.4, 0.5) is 0 Å². The lowest BCUT2D eigenvalue weighted by atomic mass is 10.1. The first-order chi connectivity index (χ1) is 5.49. The number of methoxy groups -OCH3 is 3. The molecule has 4 heteroatoms. The van der Waals surface area contributed by atoms with Gasteiger partial charge in [-0.05, 0) is 6.92 Å². The van der Waals surface area contributed by atoms with E-state index in [1.165, 1.54) is 0 Å². The third kappa shape index (κ3) is 1.77. The summed E-state index contributed by atoms with van der Waals surface area (Å²) in [6, 6.07) is 0.